The van der Waals surface area contributed by atoms with Crippen LogP contribution in [0.3, 0.4) is 0 Å². The predicted molar refractivity (Wildman–Crippen MR) is 145 cm³/mol. The lowest BCUT2D eigenvalue weighted by Crippen LogP contribution is -2.70. The van der Waals surface area contributed by atoms with Gasteiger partial charge in [0.1, 0.15) is 17.1 Å². The Bertz CT molecular complexity index is 1210. The van der Waals surface area contributed by atoms with E-state index in [0.29, 0.717) is 5.75 Å². The summed E-state index contributed by atoms with van der Waals surface area (Å²) in [5.41, 5.74) is 2.79. The van der Waals surface area contributed by atoms with Crippen LogP contribution in [0.4, 0.5) is 0 Å². The highest BCUT2D eigenvalue weighted by Crippen LogP contribution is 2.39. The first-order valence-electron chi connectivity index (χ1n) is 12.4. The minimum absolute atomic E-state index is 0.197. The quantitative estimate of drug-likeness (QED) is 0.360. The fraction of sp³-hybridized carbons (Fsp3) is 0.233. The molecule has 1 fully saturated rings. The van der Waals surface area contributed by atoms with Crippen molar-refractivity contribution in [3.8, 4) is 0 Å². The first-order valence-corrected chi connectivity index (χ1v) is 13.5. The van der Waals surface area contributed by atoms with Gasteiger partial charge < -0.3 is 10.1 Å². The summed E-state index contributed by atoms with van der Waals surface area (Å²) in [4.78, 5) is 40.2. The van der Waals surface area contributed by atoms with Crippen molar-refractivity contribution in [1.82, 2.24) is 10.2 Å². The van der Waals surface area contributed by atoms with Gasteiger partial charge in [0.15, 0.2) is 6.10 Å². The number of fused-ring (bicyclic) bond motifs is 1. The van der Waals surface area contributed by atoms with Crippen molar-refractivity contribution >= 4 is 29.5 Å². The Morgan fingerprint density at radius 3 is 2.03 bits per heavy atom. The third-order valence-corrected chi connectivity index (χ3v) is 7.19. The Hall–Kier alpha value is -3.84. The normalized spacial score (nSPS) is 18.0. The van der Waals surface area contributed by atoms with E-state index in [2.05, 4.69) is 5.32 Å². The molecule has 3 aromatic carbocycles. The average Bonchev–Trinajstić information content (AvgIpc) is 2.96. The fourth-order valence-electron chi connectivity index (χ4n) is 4.29. The number of ether oxygens (including phenoxy) is 1. The molecule has 0 radical (unpaired) electrons. The van der Waals surface area contributed by atoms with E-state index in [4.69, 9.17) is 4.74 Å². The van der Waals surface area contributed by atoms with Crippen LogP contribution < -0.4 is 5.32 Å². The lowest BCUT2D eigenvalue weighted by molar-refractivity contribution is -0.154. The summed E-state index contributed by atoms with van der Waals surface area (Å²) in [6, 6.07) is 27.7. The summed E-state index contributed by atoms with van der Waals surface area (Å²) in [5, 5.41) is 2.50. The number of nitrogens with zero attached hydrogens (tertiary/aromatic N) is 1. The molecule has 2 atom stereocenters. The summed E-state index contributed by atoms with van der Waals surface area (Å²) >= 11 is 1.51. The second-order valence-corrected chi connectivity index (χ2v) is 9.49. The van der Waals surface area contributed by atoms with E-state index >= 15 is 0 Å². The third-order valence-electron chi connectivity index (χ3n) is 6.01. The third kappa shape index (κ3) is 5.94. The van der Waals surface area contributed by atoms with Gasteiger partial charge in [0.2, 0.25) is 5.91 Å². The maximum atomic E-state index is 13.3. The molecule has 0 saturated carbocycles. The van der Waals surface area contributed by atoms with Gasteiger partial charge in [-0.2, -0.15) is 0 Å². The van der Waals surface area contributed by atoms with E-state index in [0.717, 1.165) is 16.7 Å². The van der Waals surface area contributed by atoms with E-state index in [9.17, 15) is 14.4 Å². The van der Waals surface area contributed by atoms with Crippen LogP contribution in [0.25, 0.3) is 0 Å². The number of amides is 2. The molecule has 190 valence electrons. The Morgan fingerprint density at radius 1 is 0.919 bits per heavy atom. The van der Waals surface area contributed by atoms with Crippen LogP contribution in [0, 0.1) is 0 Å². The number of carbonyl (C=O) groups excluding carboxylic acids is 3. The number of β-lactam (4-membered cyclic amide) rings is 1. The number of esters is 1. The minimum atomic E-state index is -0.660. The maximum Gasteiger partial charge on any atom is 0.355 e. The zero-order valence-corrected chi connectivity index (χ0v) is 21.7. The highest BCUT2D eigenvalue weighted by Gasteiger charge is 2.53. The SMILES string of the molecule is CC.O=C(Cc1ccccc1)N[C@@H]1C(=O)N2C(C(=O)OC(c3ccccc3)c3ccccc3)=CCSC12. The van der Waals surface area contributed by atoms with Crippen LogP contribution in [-0.4, -0.2) is 39.9 Å². The van der Waals surface area contributed by atoms with Gasteiger partial charge in [-0.25, -0.2) is 4.79 Å². The predicted octanol–water partition coefficient (Wildman–Crippen LogP) is 4.87. The van der Waals surface area contributed by atoms with Crippen LogP contribution in [0.1, 0.15) is 36.6 Å². The van der Waals surface area contributed by atoms with Crippen molar-refractivity contribution in [3.05, 3.63) is 119 Å². The van der Waals surface area contributed by atoms with Gasteiger partial charge in [-0.1, -0.05) is 105 Å². The smallest absolute Gasteiger partial charge is 0.355 e. The molecular weight excluding hydrogens is 484 g/mol. The Morgan fingerprint density at radius 2 is 1.46 bits per heavy atom. The molecule has 5 rings (SSSR count). The summed E-state index contributed by atoms with van der Waals surface area (Å²) in [7, 11) is 0. The lowest BCUT2D eigenvalue weighted by atomic mass is 10.0. The molecule has 0 aliphatic carbocycles. The first-order chi connectivity index (χ1) is 18.1. The molecule has 1 saturated heterocycles. The average molecular weight is 515 g/mol. The summed E-state index contributed by atoms with van der Waals surface area (Å²) in [6.45, 7) is 4.00. The van der Waals surface area contributed by atoms with Gasteiger partial charge >= 0.3 is 5.97 Å². The van der Waals surface area contributed by atoms with Gasteiger partial charge in [-0.05, 0) is 22.8 Å². The van der Waals surface area contributed by atoms with Crippen LogP contribution in [0.15, 0.2) is 103 Å². The molecular formula is C30H30N2O4S. The topological polar surface area (TPSA) is 75.7 Å². The van der Waals surface area contributed by atoms with Crippen LogP contribution >= 0.6 is 11.8 Å². The highest BCUT2D eigenvalue weighted by atomic mass is 32.2. The number of carbonyl (C=O) groups is 3. The van der Waals surface area contributed by atoms with E-state index in [1.54, 1.807) is 6.08 Å². The van der Waals surface area contributed by atoms with Crippen LogP contribution in [0.5, 0.6) is 0 Å². The van der Waals surface area contributed by atoms with Crippen molar-refractivity contribution < 1.29 is 19.1 Å². The Labute approximate surface area is 221 Å². The number of thioether (sulfide) groups is 1. The second-order valence-electron chi connectivity index (χ2n) is 8.34. The molecule has 0 aromatic heterocycles. The first kappa shape index (κ1) is 26.2. The van der Waals surface area contributed by atoms with Crippen molar-refractivity contribution in [2.45, 2.75) is 37.8 Å². The number of nitrogens with one attached hydrogen (secondary N) is 1. The molecule has 2 amide bonds. The standard InChI is InChI=1S/C28H24N2O4S.C2H6/c31-23(18-19-10-4-1-5-11-19)29-24-26(32)30-22(16-17-35-27(24)30)28(33)34-25(20-12-6-2-7-13-20)21-14-8-3-9-15-21;1-2/h1-16,24-25,27H,17-18H2,(H,29,31);1-2H3/t24-,27?;/m1./s1. The Balaban J connectivity index is 0.00000156. The maximum absolute atomic E-state index is 13.3. The Kier molecular flexibility index (Phi) is 8.80. The van der Waals surface area contributed by atoms with Gasteiger partial charge in [0, 0.05) is 5.75 Å². The summed E-state index contributed by atoms with van der Waals surface area (Å²) in [6.07, 6.45) is 1.32. The molecule has 2 aliphatic rings. The number of rotatable bonds is 7. The van der Waals surface area contributed by atoms with Crippen LogP contribution in [0.2, 0.25) is 0 Å². The van der Waals surface area contributed by atoms with E-state index in [1.807, 2.05) is 105 Å². The number of benzene rings is 3. The number of hydrogen-bond acceptors (Lipinski definition) is 5. The van der Waals surface area contributed by atoms with E-state index in [1.165, 1.54) is 16.7 Å². The molecule has 0 bridgehead atoms. The molecule has 37 heavy (non-hydrogen) atoms. The van der Waals surface area contributed by atoms with Crippen molar-refractivity contribution in [2.24, 2.45) is 0 Å². The van der Waals surface area contributed by atoms with Gasteiger partial charge in [-0.15, -0.1) is 11.8 Å². The molecule has 1 N–H and O–H groups in total. The van der Waals surface area contributed by atoms with Gasteiger partial charge in [0.25, 0.3) is 5.91 Å². The number of hydrogen-bond donors (Lipinski definition) is 1. The molecule has 2 aliphatic heterocycles. The van der Waals surface area contributed by atoms with Gasteiger partial charge in [0.05, 0.1) is 6.42 Å². The minimum Gasteiger partial charge on any atom is -0.448 e. The zero-order valence-electron chi connectivity index (χ0n) is 20.9. The van der Waals surface area contributed by atoms with Crippen molar-refractivity contribution in [3.63, 3.8) is 0 Å². The largest absolute Gasteiger partial charge is 0.448 e. The highest BCUT2D eigenvalue weighted by molar-refractivity contribution is 8.00. The second kappa shape index (κ2) is 12.4. The molecule has 7 heteroatoms. The van der Waals surface area contributed by atoms with E-state index in [-0.39, 0.29) is 29.3 Å². The fourth-order valence-corrected chi connectivity index (χ4v) is 5.48. The molecule has 1 unspecified atom stereocenters. The van der Waals surface area contributed by atoms with Crippen molar-refractivity contribution in [2.75, 3.05) is 5.75 Å². The molecule has 0 spiro atoms. The van der Waals surface area contributed by atoms with Crippen LogP contribution in [-0.2, 0) is 25.5 Å². The zero-order chi connectivity index (χ0) is 26.2. The van der Waals surface area contributed by atoms with E-state index < -0.39 is 18.1 Å². The van der Waals surface area contributed by atoms with Gasteiger partial charge in [-0.3, -0.25) is 14.5 Å². The lowest BCUT2D eigenvalue weighted by Gasteiger charge is -2.48. The molecule has 3 aromatic rings. The monoisotopic (exact) mass is 514 g/mol. The van der Waals surface area contributed by atoms with Crippen molar-refractivity contribution in [1.29, 1.82) is 0 Å². The molecule has 6 nitrogen and oxygen atoms in total. The summed E-state index contributed by atoms with van der Waals surface area (Å²) < 4.78 is 5.96. The molecule has 2 heterocycles. The summed E-state index contributed by atoms with van der Waals surface area (Å²) in [5.74, 6) is -0.537.